The number of alkyl halides is 1. The van der Waals surface area contributed by atoms with Gasteiger partial charge in [-0.15, -0.1) is 0 Å². The second-order valence-corrected chi connectivity index (χ2v) is 6.32. The van der Waals surface area contributed by atoms with Crippen molar-refractivity contribution in [1.82, 2.24) is 10.2 Å². The predicted octanol–water partition coefficient (Wildman–Crippen LogP) is 3.22. The van der Waals surface area contributed by atoms with Crippen molar-refractivity contribution in [3.8, 4) is 5.75 Å². The Morgan fingerprint density at radius 1 is 1.26 bits per heavy atom. The van der Waals surface area contributed by atoms with Crippen molar-refractivity contribution in [2.45, 2.75) is 12.5 Å². The van der Waals surface area contributed by atoms with Crippen LogP contribution in [0, 0.1) is 0 Å². The van der Waals surface area contributed by atoms with Gasteiger partial charge in [-0.2, -0.15) is 0 Å². The first-order valence-electron chi connectivity index (χ1n) is 6.32. The Morgan fingerprint density at radius 2 is 1.84 bits per heavy atom. The standard InChI is InChI=1S/C13H17Br2FN2O/c14-10-7-9(8-11(15)13(10)19)12(1-2-16)18-5-3-17-4-6-18/h7-8,12,17,19H,1-6H2/t12-/m1/s1. The van der Waals surface area contributed by atoms with Crippen LogP contribution in [0.4, 0.5) is 4.39 Å². The van der Waals surface area contributed by atoms with Crippen molar-refractivity contribution >= 4 is 31.9 Å². The van der Waals surface area contributed by atoms with Crippen LogP contribution in [-0.2, 0) is 0 Å². The third-order valence-corrected chi connectivity index (χ3v) is 4.61. The molecule has 6 heteroatoms. The Balaban J connectivity index is 2.27. The number of phenolic OH excluding ortho intramolecular Hbond substituents is 1. The maximum absolute atomic E-state index is 12.8. The number of rotatable bonds is 4. The molecule has 1 aliphatic rings. The number of aromatic hydroxyl groups is 1. The van der Waals surface area contributed by atoms with E-state index in [9.17, 15) is 9.50 Å². The predicted molar refractivity (Wildman–Crippen MR) is 81.3 cm³/mol. The number of hydrogen-bond donors (Lipinski definition) is 2. The summed E-state index contributed by atoms with van der Waals surface area (Å²) in [6.45, 7) is 3.36. The average molecular weight is 396 g/mol. The quantitative estimate of drug-likeness (QED) is 0.821. The van der Waals surface area contributed by atoms with Crippen molar-refractivity contribution in [2.24, 2.45) is 0 Å². The van der Waals surface area contributed by atoms with Crippen LogP contribution in [0.5, 0.6) is 5.75 Å². The van der Waals surface area contributed by atoms with Crippen LogP contribution in [0.3, 0.4) is 0 Å². The lowest BCUT2D eigenvalue weighted by atomic mass is 10.0. The average Bonchev–Trinajstić information content (AvgIpc) is 2.42. The van der Waals surface area contributed by atoms with Crippen LogP contribution in [0.1, 0.15) is 18.0 Å². The van der Waals surface area contributed by atoms with Gasteiger partial charge in [-0.1, -0.05) is 0 Å². The molecular formula is C13H17Br2FN2O. The molecule has 2 rings (SSSR count). The SMILES string of the molecule is Oc1c(Br)cc([C@@H](CCF)N2CCNCC2)cc1Br. The summed E-state index contributed by atoms with van der Waals surface area (Å²) in [6, 6.07) is 3.81. The van der Waals surface area contributed by atoms with Crippen LogP contribution in [0.15, 0.2) is 21.1 Å². The maximum atomic E-state index is 12.8. The smallest absolute Gasteiger partial charge is 0.143 e. The fourth-order valence-electron chi connectivity index (χ4n) is 2.43. The Kier molecular flexibility index (Phi) is 5.62. The molecule has 2 N–H and O–H groups in total. The van der Waals surface area contributed by atoms with E-state index >= 15 is 0 Å². The van der Waals surface area contributed by atoms with Crippen molar-refractivity contribution in [3.63, 3.8) is 0 Å². The fourth-order valence-corrected chi connectivity index (χ4v) is 3.66. The first kappa shape index (κ1) is 15.2. The Morgan fingerprint density at radius 3 is 2.37 bits per heavy atom. The van der Waals surface area contributed by atoms with Crippen LogP contribution in [0.25, 0.3) is 0 Å². The minimum absolute atomic E-state index is 0.0558. The monoisotopic (exact) mass is 394 g/mol. The third kappa shape index (κ3) is 3.68. The number of benzene rings is 1. The summed E-state index contributed by atoms with van der Waals surface area (Å²) in [5.74, 6) is 0.183. The molecule has 0 saturated carbocycles. The minimum atomic E-state index is -0.343. The molecule has 3 nitrogen and oxygen atoms in total. The van der Waals surface area contributed by atoms with Crippen LogP contribution < -0.4 is 5.32 Å². The van der Waals surface area contributed by atoms with E-state index in [2.05, 4.69) is 42.1 Å². The van der Waals surface area contributed by atoms with Gasteiger partial charge >= 0.3 is 0 Å². The highest BCUT2D eigenvalue weighted by Crippen LogP contribution is 2.37. The zero-order valence-corrected chi connectivity index (χ0v) is 13.7. The number of hydrogen-bond acceptors (Lipinski definition) is 3. The second-order valence-electron chi connectivity index (χ2n) is 4.61. The Bertz CT molecular complexity index is 416. The second kappa shape index (κ2) is 7.02. The molecule has 1 saturated heterocycles. The minimum Gasteiger partial charge on any atom is -0.506 e. The van der Waals surface area contributed by atoms with Gasteiger partial charge in [0.2, 0.25) is 0 Å². The molecule has 1 aromatic carbocycles. The fraction of sp³-hybridized carbons (Fsp3) is 0.538. The van der Waals surface area contributed by atoms with E-state index in [1.807, 2.05) is 12.1 Å². The molecule has 0 bridgehead atoms. The molecule has 1 atom stereocenters. The van der Waals surface area contributed by atoms with Crippen LogP contribution >= 0.6 is 31.9 Å². The van der Waals surface area contributed by atoms with E-state index in [1.165, 1.54) is 0 Å². The van der Waals surface area contributed by atoms with E-state index < -0.39 is 0 Å². The topological polar surface area (TPSA) is 35.5 Å². The van der Waals surface area contributed by atoms with E-state index in [-0.39, 0.29) is 18.5 Å². The number of piperazine rings is 1. The highest BCUT2D eigenvalue weighted by atomic mass is 79.9. The number of halogens is 3. The lowest BCUT2D eigenvalue weighted by Gasteiger charge is -2.35. The molecule has 0 aromatic heterocycles. The zero-order chi connectivity index (χ0) is 13.8. The molecule has 1 fully saturated rings. The van der Waals surface area contributed by atoms with Gasteiger partial charge in [-0.3, -0.25) is 9.29 Å². The summed E-state index contributed by atoms with van der Waals surface area (Å²) in [5.41, 5.74) is 1.02. The normalized spacial score (nSPS) is 18.5. The summed E-state index contributed by atoms with van der Waals surface area (Å²) < 4.78 is 14.1. The van der Waals surface area contributed by atoms with Gasteiger partial charge in [0.1, 0.15) is 5.75 Å². The van der Waals surface area contributed by atoms with Gasteiger partial charge in [0, 0.05) is 32.2 Å². The zero-order valence-electron chi connectivity index (χ0n) is 10.5. The van der Waals surface area contributed by atoms with E-state index in [4.69, 9.17) is 0 Å². The van der Waals surface area contributed by atoms with Crippen molar-refractivity contribution in [3.05, 3.63) is 26.6 Å². The first-order valence-corrected chi connectivity index (χ1v) is 7.90. The van der Waals surface area contributed by atoms with Crippen molar-refractivity contribution in [1.29, 1.82) is 0 Å². The maximum Gasteiger partial charge on any atom is 0.143 e. The molecule has 0 unspecified atom stereocenters. The molecule has 19 heavy (non-hydrogen) atoms. The Labute approximate surface area is 129 Å². The summed E-state index contributed by atoms with van der Waals surface area (Å²) in [6.07, 6.45) is 0.476. The van der Waals surface area contributed by atoms with Gasteiger partial charge in [0.15, 0.2) is 0 Å². The largest absolute Gasteiger partial charge is 0.506 e. The molecule has 0 aliphatic carbocycles. The molecule has 1 aromatic rings. The van der Waals surface area contributed by atoms with Gasteiger partial charge in [-0.25, -0.2) is 0 Å². The molecule has 1 heterocycles. The highest BCUT2D eigenvalue weighted by Gasteiger charge is 2.23. The summed E-state index contributed by atoms with van der Waals surface area (Å²) in [4.78, 5) is 2.29. The van der Waals surface area contributed by atoms with E-state index in [0.717, 1.165) is 31.7 Å². The van der Waals surface area contributed by atoms with E-state index in [1.54, 1.807) is 0 Å². The van der Waals surface area contributed by atoms with Crippen LogP contribution in [0.2, 0.25) is 0 Å². The van der Waals surface area contributed by atoms with Crippen molar-refractivity contribution < 1.29 is 9.50 Å². The van der Waals surface area contributed by atoms with Crippen molar-refractivity contribution in [2.75, 3.05) is 32.9 Å². The summed E-state index contributed by atoms with van der Waals surface area (Å²) >= 11 is 6.67. The van der Waals surface area contributed by atoms with Gasteiger partial charge in [0.25, 0.3) is 0 Å². The first-order chi connectivity index (χ1) is 9.13. The third-order valence-electron chi connectivity index (χ3n) is 3.40. The lowest BCUT2D eigenvalue weighted by Crippen LogP contribution is -2.45. The number of nitrogens with zero attached hydrogens (tertiary/aromatic N) is 1. The Hall–Kier alpha value is -0.170. The van der Waals surface area contributed by atoms with Gasteiger partial charge in [0.05, 0.1) is 15.6 Å². The number of nitrogens with one attached hydrogen (secondary N) is 1. The number of phenols is 1. The highest BCUT2D eigenvalue weighted by molar-refractivity contribution is 9.11. The molecule has 0 spiro atoms. The molecular weight excluding hydrogens is 379 g/mol. The summed E-state index contributed by atoms with van der Waals surface area (Å²) in [7, 11) is 0. The molecule has 106 valence electrons. The lowest BCUT2D eigenvalue weighted by molar-refractivity contribution is 0.157. The molecule has 1 aliphatic heterocycles. The van der Waals surface area contributed by atoms with E-state index in [0.29, 0.717) is 15.4 Å². The van der Waals surface area contributed by atoms with Crippen LogP contribution in [-0.4, -0.2) is 42.9 Å². The van der Waals surface area contributed by atoms with Gasteiger partial charge < -0.3 is 10.4 Å². The summed E-state index contributed by atoms with van der Waals surface area (Å²) in [5, 5.41) is 13.1. The molecule has 0 amide bonds. The van der Waals surface area contributed by atoms with Gasteiger partial charge in [-0.05, 0) is 56.0 Å². The molecule has 0 radical (unpaired) electrons.